The van der Waals surface area contributed by atoms with Crippen LogP contribution < -0.4 is 5.32 Å². The highest BCUT2D eigenvalue weighted by Crippen LogP contribution is 2.11. The second kappa shape index (κ2) is 8.25. The Bertz CT molecular complexity index is 316. The fourth-order valence-electron chi connectivity index (χ4n) is 2.25. The third kappa shape index (κ3) is 5.18. The minimum absolute atomic E-state index is 0.643. The average Bonchev–Trinajstić information content (AvgIpc) is 2.38. The van der Waals surface area contributed by atoms with Crippen molar-refractivity contribution in [2.75, 3.05) is 6.54 Å². The Balaban J connectivity index is 2.35. The van der Waals surface area contributed by atoms with Gasteiger partial charge < -0.3 is 5.32 Å². The lowest BCUT2D eigenvalue weighted by molar-refractivity contribution is 0.376. The molecule has 1 atom stereocenters. The summed E-state index contributed by atoms with van der Waals surface area (Å²) in [5.41, 5.74) is 2.55. The maximum absolute atomic E-state index is 4.52. The largest absolute Gasteiger partial charge is 0.314 e. The van der Waals surface area contributed by atoms with Crippen molar-refractivity contribution >= 4 is 0 Å². The van der Waals surface area contributed by atoms with Gasteiger partial charge >= 0.3 is 0 Å². The van der Waals surface area contributed by atoms with E-state index in [0.29, 0.717) is 12.0 Å². The van der Waals surface area contributed by atoms with E-state index in [1.807, 2.05) is 6.20 Å². The summed E-state index contributed by atoms with van der Waals surface area (Å²) in [5.74, 6) is 0.709. The summed E-state index contributed by atoms with van der Waals surface area (Å²) in [6.45, 7) is 10.00. The maximum atomic E-state index is 4.52. The van der Waals surface area contributed by atoms with E-state index in [1.165, 1.54) is 24.1 Å². The molecule has 0 amide bonds. The third-order valence-corrected chi connectivity index (χ3v) is 3.51. The third-order valence-electron chi connectivity index (χ3n) is 3.51. The fourth-order valence-corrected chi connectivity index (χ4v) is 2.25. The van der Waals surface area contributed by atoms with Crippen molar-refractivity contribution in [3.05, 3.63) is 29.6 Å². The SMILES string of the molecule is CCNC(CCCc1ccc(CC)cn1)C(C)C. The van der Waals surface area contributed by atoms with E-state index in [1.54, 1.807) is 0 Å². The van der Waals surface area contributed by atoms with Gasteiger partial charge in [-0.2, -0.15) is 0 Å². The molecule has 0 spiro atoms. The van der Waals surface area contributed by atoms with Crippen LogP contribution in [0.3, 0.4) is 0 Å². The summed E-state index contributed by atoms with van der Waals surface area (Å²) in [5, 5.41) is 3.57. The lowest BCUT2D eigenvalue weighted by Gasteiger charge is -2.21. The molecule has 0 aliphatic carbocycles. The first-order valence-corrected chi connectivity index (χ1v) is 7.34. The fraction of sp³-hybridized carbons (Fsp3) is 0.688. The molecule has 2 heteroatoms. The van der Waals surface area contributed by atoms with E-state index < -0.39 is 0 Å². The zero-order valence-corrected chi connectivity index (χ0v) is 12.4. The lowest BCUT2D eigenvalue weighted by atomic mass is 9.97. The highest BCUT2D eigenvalue weighted by atomic mass is 14.9. The minimum Gasteiger partial charge on any atom is -0.314 e. The maximum Gasteiger partial charge on any atom is 0.0403 e. The Morgan fingerprint density at radius 1 is 1.22 bits per heavy atom. The minimum atomic E-state index is 0.643. The Morgan fingerprint density at radius 2 is 2.00 bits per heavy atom. The predicted octanol–water partition coefficient (Wildman–Crippen LogP) is 3.60. The average molecular weight is 248 g/mol. The standard InChI is InChI=1S/C16H28N2/c1-5-14-10-11-15(18-12-14)8-7-9-16(13(3)4)17-6-2/h10-13,16-17H,5-9H2,1-4H3. The van der Waals surface area contributed by atoms with E-state index in [-0.39, 0.29) is 0 Å². The number of rotatable bonds is 8. The van der Waals surface area contributed by atoms with Crippen LogP contribution in [0.15, 0.2) is 18.3 Å². The molecule has 0 aromatic carbocycles. The van der Waals surface area contributed by atoms with Crippen molar-refractivity contribution in [1.29, 1.82) is 0 Å². The van der Waals surface area contributed by atoms with Gasteiger partial charge in [0, 0.05) is 17.9 Å². The lowest BCUT2D eigenvalue weighted by Crippen LogP contribution is -2.33. The number of pyridine rings is 1. The summed E-state index contributed by atoms with van der Waals surface area (Å²) in [6, 6.07) is 5.02. The van der Waals surface area contributed by atoms with Gasteiger partial charge in [0.05, 0.1) is 0 Å². The Hall–Kier alpha value is -0.890. The molecule has 102 valence electrons. The van der Waals surface area contributed by atoms with Gasteiger partial charge in [0.15, 0.2) is 0 Å². The van der Waals surface area contributed by atoms with E-state index in [4.69, 9.17) is 0 Å². The van der Waals surface area contributed by atoms with Crippen LogP contribution in [0.4, 0.5) is 0 Å². The molecule has 18 heavy (non-hydrogen) atoms. The highest BCUT2D eigenvalue weighted by Gasteiger charge is 2.11. The molecular weight excluding hydrogens is 220 g/mol. The molecule has 0 bridgehead atoms. The number of aryl methyl sites for hydroxylation is 2. The first-order chi connectivity index (χ1) is 8.67. The Labute approximate surface area is 112 Å². The van der Waals surface area contributed by atoms with Gasteiger partial charge in [-0.3, -0.25) is 4.98 Å². The monoisotopic (exact) mass is 248 g/mol. The van der Waals surface area contributed by atoms with Crippen molar-refractivity contribution in [3.8, 4) is 0 Å². The van der Waals surface area contributed by atoms with Crippen LogP contribution >= 0.6 is 0 Å². The van der Waals surface area contributed by atoms with Crippen molar-refractivity contribution in [2.24, 2.45) is 5.92 Å². The van der Waals surface area contributed by atoms with Crippen molar-refractivity contribution in [3.63, 3.8) is 0 Å². The van der Waals surface area contributed by atoms with Gasteiger partial charge in [0.2, 0.25) is 0 Å². The first kappa shape index (κ1) is 15.2. The summed E-state index contributed by atoms with van der Waals surface area (Å²) in [7, 11) is 0. The molecule has 0 aliphatic rings. The summed E-state index contributed by atoms with van der Waals surface area (Å²) < 4.78 is 0. The van der Waals surface area contributed by atoms with Crippen LogP contribution in [0.1, 0.15) is 51.8 Å². The normalized spacial score (nSPS) is 12.9. The van der Waals surface area contributed by atoms with E-state index >= 15 is 0 Å². The van der Waals surface area contributed by atoms with Gasteiger partial charge in [-0.25, -0.2) is 0 Å². The van der Waals surface area contributed by atoms with Gasteiger partial charge in [0.25, 0.3) is 0 Å². The van der Waals surface area contributed by atoms with Gasteiger partial charge in [-0.15, -0.1) is 0 Å². The smallest absolute Gasteiger partial charge is 0.0403 e. The van der Waals surface area contributed by atoms with E-state index in [2.05, 4.69) is 50.1 Å². The zero-order chi connectivity index (χ0) is 13.4. The number of hydrogen-bond donors (Lipinski definition) is 1. The summed E-state index contributed by atoms with van der Waals surface area (Å²) in [6.07, 6.45) is 6.64. The zero-order valence-electron chi connectivity index (χ0n) is 12.4. The van der Waals surface area contributed by atoms with Crippen molar-refractivity contribution in [1.82, 2.24) is 10.3 Å². The van der Waals surface area contributed by atoms with Crippen molar-refractivity contribution < 1.29 is 0 Å². The molecular formula is C16H28N2. The molecule has 2 nitrogen and oxygen atoms in total. The number of aromatic nitrogens is 1. The molecule has 1 aromatic heterocycles. The van der Waals surface area contributed by atoms with Crippen molar-refractivity contribution in [2.45, 2.75) is 59.4 Å². The molecule has 0 fully saturated rings. The van der Waals surface area contributed by atoms with Gasteiger partial charge in [0.1, 0.15) is 0 Å². The summed E-state index contributed by atoms with van der Waals surface area (Å²) >= 11 is 0. The van der Waals surface area contributed by atoms with E-state index in [0.717, 1.165) is 19.4 Å². The molecule has 0 saturated heterocycles. The molecule has 1 unspecified atom stereocenters. The molecule has 1 aromatic rings. The first-order valence-electron chi connectivity index (χ1n) is 7.34. The van der Waals surface area contributed by atoms with Crippen LogP contribution in [-0.4, -0.2) is 17.6 Å². The van der Waals surface area contributed by atoms with Crippen LogP contribution in [0.5, 0.6) is 0 Å². The second-order valence-electron chi connectivity index (χ2n) is 5.31. The summed E-state index contributed by atoms with van der Waals surface area (Å²) in [4.78, 5) is 4.52. The topological polar surface area (TPSA) is 24.9 Å². The Kier molecular flexibility index (Phi) is 6.96. The molecule has 0 radical (unpaired) electrons. The van der Waals surface area contributed by atoms with Crippen LogP contribution in [0, 0.1) is 5.92 Å². The highest BCUT2D eigenvalue weighted by molar-refractivity contribution is 5.13. The van der Waals surface area contributed by atoms with Crippen LogP contribution in [-0.2, 0) is 12.8 Å². The van der Waals surface area contributed by atoms with Gasteiger partial charge in [-0.1, -0.05) is 33.8 Å². The predicted molar refractivity (Wildman–Crippen MR) is 78.9 cm³/mol. The van der Waals surface area contributed by atoms with Crippen LogP contribution in [0.25, 0.3) is 0 Å². The van der Waals surface area contributed by atoms with Gasteiger partial charge in [-0.05, 0) is 49.8 Å². The number of nitrogens with one attached hydrogen (secondary N) is 1. The van der Waals surface area contributed by atoms with Crippen LogP contribution in [0.2, 0.25) is 0 Å². The number of nitrogens with zero attached hydrogens (tertiary/aromatic N) is 1. The molecule has 0 aliphatic heterocycles. The number of hydrogen-bond acceptors (Lipinski definition) is 2. The second-order valence-corrected chi connectivity index (χ2v) is 5.31. The molecule has 1 heterocycles. The molecule has 1 N–H and O–H groups in total. The molecule has 0 saturated carbocycles. The Morgan fingerprint density at radius 3 is 2.50 bits per heavy atom. The van der Waals surface area contributed by atoms with E-state index in [9.17, 15) is 0 Å². The quantitative estimate of drug-likeness (QED) is 0.760. The molecule has 1 rings (SSSR count).